The summed E-state index contributed by atoms with van der Waals surface area (Å²) in [6.45, 7) is 3.09. The molecule has 1 atom stereocenters. The van der Waals surface area contributed by atoms with Gasteiger partial charge in [0.25, 0.3) is 0 Å². The van der Waals surface area contributed by atoms with Crippen molar-refractivity contribution in [2.24, 2.45) is 0 Å². The molecule has 1 heterocycles. The first-order valence-corrected chi connectivity index (χ1v) is 8.07. The van der Waals surface area contributed by atoms with Gasteiger partial charge in [0.05, 0.1) is 16.3 Å². The van der Waals surface area contributed by atoms with Crippen LogP contribution in [0.2, 0.25) is 10.0 Å². The van der Waals surface area contributed by atoms with Crippen molar-refractivity contribution in [3.05, 3.63) is 56.4 Å². The van der Waals surface area contributed by atoms with Gasteiger partial charge in [-0.15, -0.1) is 0 Å². The molecule has 2 nitrogen and oxygen atoms in total. The van der Waals surface area contributed by atoms with Crippen molar-refractivity contribution in [2.75, 3.05) is 6.54 Å². The number of rotatable bonds is 6. The maximum Gasteiger partial charge on any atom is 0.173 e. The van der Waals surface area contributed by atoms with Crippen LogP contribution in [0.1, 0.15) is 30.5 Å². The van der Waals surface area contributed by atoms with E-state index in [0.717, 1.165) is 35.2 Å². The predicted molar refractivity (Wildman–Crippen MR) is 87.6 cm³/mol. The zero-order valence-corrected chi connectivity index (χ0v) is 14.2. The second kappa shape index (κ2) is 7.51. The van der Waals surface area contributed by atoms with Crippen molar-refractivity contribution in [1.29, 1.82) is 0 Å². The molecule has 0 saturated carbocycles. The van der Waals surface area contributed by atoms with Crippen LogP contribution in [0.25, 0.3) is 0 Å². The SMILES string of the molecule is CCCNC(Cc1ccc(Cl)c(Cl)c1)c1ccoc1Br. The Morgan fingerprint density at radius 3 is 2.65 bits per heavy atom. The fraction of sp³-hybridized carbons (Fsp3) is 0.333. The smallest absolute Gasteiger partial charge is 0.173 e. The summed E-state index contributed by atoms with van der Waals surface area (Å²) in [7, 11) is 0. The van der Waals surface area contributed by atoms with Crippen molar-refractivity contribution in [3.8, 4) is 0 Å². The molecule has 2 aromatic rings. The van der Waals surface area contributed by atoms with Gasteiger partial charge in [-0.2, -0.15) is 0 Å². The molecule has 108 valence electrons. The van der Waals surface area contributed by atoms with E-state index in [1.807, 2.05) is 24.3 Å². The summed E-state index contributed by atoms with van der Waals surface area (Å²) >= 11 is 15.5. The molecular formula is C15H16BrCl2NO. The molecule has 0 bridgehead atoms. The summed E-state index contributed by atoms with van der Waals surface area (Å²) in [6, 6.07) is 7.91. The van der Waals surface area contributed by atoms with E-state index in [1.165, 1.54) is 0 Å². The highest BCUT2D eigenvalue weighted by Gasteiger charge is 2.17. The molecule has 0 saturated heterocycles. The largest absolute Gasteiger partial charge is 0.457 e. The van der Waals surface area contributed by atoms with E-state index in [4.69, 9.17) is 27.6 Å². The Morgan fingerprint density at radius 1 is 1.25 bits per heavy atom. The average Bonchev–Trinajstić information content (AvgIpc) is 2.85. The van der Waals surface area contributed by atoms with Crippen LogP contribution in [0.15, 0.2) is 39.6 Å². The Kier molecular flexibility index (Phi) is 5.97. The van der Waals surface area contributed by atoms with Gasteiger partial charge >= 0.3 is 0 Å². The van der Waals surface area contributed by atoms with Gasteiger partial charge in [0.1, 0.15) is 0 Å². The third-order valence-electron chi connectivity index (χ3n) is 3.09. The lowest BCUT2D eigenvalue weighted by atomic mass is 10.0. The molecule has 1 unspecified atom stereocenters. The molecule has 0 spiro atoms. The number of benzene rings is 1. The van der Waals surface area contributed by atoms with Crippen molar-refractivity contribution in [2.45, 2.75) is 25.8 Å². The predicted octanol–water partition coefficient (Wildman–Crippen LogP) is 5.63. The zero-order valence-electron chi connectivity index (χ0n) is 11.1. The standard InChI is InChI=1S/C15H16BrCl2NO/c1-2-6-19-14(11-5-7-20-15(11)16)9-10-3-4-12(17)13(18)8-10/h3-5,7-8,14,19H,2,6,9H2,1H3. The van der Waals surface area contributed by atoms with Gasteiger partial charge in [-0.1, -0.05) is 36.2 Å². The minimum atomic E-state index is 0.181. The molecule has 0 aliphatic rings. The Bertz CT molecular complexity index is 571. The summed E-state index contributed by atoms with van der Waals surface area (Å²) in [5, 5.41) is 4.70. The molecular weight excluding hydrogens is 361 g/mol. The molecule has 0 radical (unpaired) electrons. The number of halogens is 3. The van der Waals surface area contributed by atoms with Gasteiger partial charge in [-0.25, -0.2) is 0 Å². The van der Waals surface area contributed by atoms with Crippen molar-refractivity contribution >= 4 is 39.1 Å². The zero-order chi connectivity index (χ0) is 14.5. The monoisotopic (exact) mass is 375 g/mol. The van der Waals surface area contributed by atoms with Crippen LogP contribution in [0.3, 0.4) is 0 Å². The third kappa shape index (κ3) is 4.01. The van der Waals surface area contributed by atoms with Crippen LogP contribution in [0, 0.1) is 0 Å². The van der Waals surface area contributed by atoms with Crippen LogP contribution in [-0.2, 0) is 6.42 Å². The Morgan fingerprint density at radius 2 is 2.05 bits per heavy atom. The molecule has 0 fully saturated rings. The van der Waals surface area contributed by atoms with Crippen molar-refractivity contribution in [1.82, 2.24) is 5.32 Å². The van der Waals surface area contributed by atoms with Crippen LogP contribution < -0.4 is 5.32 Å². The van der Waals surface area contributed by atoms with Gasteiger partial charge in [0, 0.05) is 11.6 Å². The van der Waals surface area contributed by atoms with E-state index < -0.39 is 0 Å². The fourth-order valence-electron chi connectivity index (χ4n) is 2.07. The topological polar surface area (TPSA) is 25.2 Å². The first-order chi connectivity index (χ1) is 9.61. The van der Waals surface area contributed by atoms with E-state index >= 15 is 0 Å². The molecule has 1 N–H and O–H groups in total. The Labute approximate surface area is 137 Å². The molecule has 20 heavy (non-hydrogen) atoms. The van der Waals surface area contributed by atoms with E-state index in [0.29, 0.717) is 10.0 Å². The van der Waals surface area contributed by atoms with Gasteiger partial charge in [0.15, 0.2) is 4.67 Å². The summed E-state index contributed by atoms with van der Waals surface area (Å²) in [6.07, 6.45) is 3.59. The molecule has 2 rings (SSSR count). The number of hydrogen-bond acceptors (Lipinski definition) is 2. The number of furan rings is 1. The van der Waals surface area contributed by atoms with Gasteiger partial charge in [0.2, 0.25) is 0 Å². The quantitative estimate of drug-likeness (QED) is 0.706. The fourth-order valence-corrected chi connectivity index (χ4v) is 2.90. The highest BCUT2D eigenvalue weighted by atomic mass is 79.9. The van der Waals surface area contributed by atoms with Crippen LogP contribution in [-0.4, -0.2) is 6.54 Å². The number of nitrogens with one attached hydrogen (secondary N) is 1. The van der Waals surface area contributed by atoms with E-state index in [1.54, 1.807) is 6.26 Å². The maximum absolute atomic E-state index is 6.08. The van der Waals surface area contributed by atoms with E-state index in [2.05, 4.69) is 28.2 Å². The lowest BCUT2D eigenvalue weighted by Crippen LogP contribution is -2.24. The van der Waals surface area contributed by atoms with Gasteiger partial charge < -0.3 is 9.73 Å². The third-order valence-corrected chi connectivity index (χ3v) is 4.47. The first-order valence-electron chi connectivity index (χ1n) is 6.52. The van der Waals surface area contributed by atoms with Gasteiger partial charge in [-0.3, -0.25) is 0 Å². The highest BCUT2D eigenvalue weighted by molar-refractivity contribution is 9.10. The summed E-state index contributed by atoms with van der Waals surface area (Å²) in [4.78, 5) is 0. The van der Waals surface area contributed by atoms with Crippen molar-refractivity contribution in [3.63, 3.8) is 0 Å². The molecule has 0 aliphatic carbocycles. The minimum absolute atomic E-state index is 0.181. The minimum Gasteiger partial charge on any atom is -0.457 e. The van der Waals surface area contributed by atoms with Crippen LogP contribution in [0.5, 0.6) is 0 Å². The average molecular weight is 377 g/mol. The van der Waals surface area contributed by atoms with E-state index in [9.17, 15) is 0 Å². The number of hydrogen-bond donors (Lipinski definition) is 1. The lowest BCUT2D eigenvalue weighted by Gasteiger charge is -2.18. The maximum atomic E-state index is 6.08. The van der Waals surface area contributed by atoms with Gasteiger partial charge in [-0.05, 0) is 59.1 Å². The first kappa shape index (κ1) is 15.9. The second-order valence-corrected chi connectivity index (χ2v) is 6.14. The van der Waals surface area contributed by atoms with Crippen LogP contribution >= 0.6 is 39.1 Å². The Balaban J connectivity index is 2.19. The van der Waals surface area contributed by atoms with Crippen LogP contribution in [0.4, 0.5) is 0 Å². The lowest BCUT2D eigenvalue weighted by molar-refractivity contribution is 0.498. The molecule has 0 aliphatic heterocycles. The van der Waals surface area contributed by atoms with E-state index in [-0.39, 0.29) is 6.04 Å². The Hall–Kier alpha value is -0.480. The highest BCUT2D eigenvalue weighted by Crippen LogP contribution is 2.29. The molecule has 0 amide bonds. The summed E-state index contributed by atoms with van der Waals surface area (Å²) in [5.74, 6) is 0. The second-order valence-electron chi connectivity index (χ2n) is 4.61. The summed E-state index contributed by atoms with van der Waals surface area (Å²) in [5.41, 5.74) is 2.26. The van der Waals surface area contributed by atoms with Crippen molar-refractivity contribution < 1.29 is 4.42 Å². The molecule has 5 heteroatoms. The normalized spacial score (nSPS) is 12.6. The molecule has 1 aromatic heterocycles. The molecule has 1 aromatic carbocycles. The summed E-state index contributed by atoms with van der Waals surface area (Å²) < 4.78 is 6.11.